The number of benzene rings is 2. The van der Waals surface area contributed by atoms with E-state index in [4.69, 9.17) is 15.2 Å². The van der Waals surface area contributed by atoms with Gasteiger partial charge in [-0.3, -0.25) is 14.4 Å². The van der Waals surface area contributed by atoms with Crippen molar-refractivity contribution >= 4 is 23.4 Å². The van der Waals surface area contributed by atoms with Crippen LogP contribution in [0.4, 0.5) is 5.82 Å². The Bertz CT molecular complexity index is 1620. The molecule has 1 aliphatic heterocycles. The van der Waals surface area contributed by atoms with Crippen LogP contribution in [-0.4, -0.2) is 29.7 Å². The van der Waals surface area contributed by atoms with Crippen LogP contribution in [0.2, 0.25) is 0 Å². The molecule has 0 saturated heterocycles. The molecule has 9 heteroatoms. The number of primary amides is 1. The van der Waals surface area contributed by atoms with Gasteiger partial charge in [0.05, 0.1) is 12.7 Å². The lowest BCUT2D eigenvalue weighted by Crippen LogP contribution is -2.39. The molecule has 4 N–H and O–H groups in total. The first-order valence-corrected chi connectivity index (χ1v) is 13.7. The molecule has 0 saturated carbocycles. The number of amides is 2. The monoisotopic (exact) mass is 566 g/mol. The van der Waals surface area contributed by atoms with E-state index in [9.17, 15) is 14.4 Å². The minimum absolute atomic E-state index is 0.00149. The minimum atomic E-state index is -0.629. The minimum Gasteiger partial charge on any atom is -0.496 e. The van der Waals surface area contributed by atoms with Crippen molar-refractivity contribution in [2.45, 2.75) is 46.1 Å². The number of nitrogens with one attached hydrogen (secondary N) is 2. The summed E-state index contributed by atoms with van der Waals surface area (Å²) >= 11 is 0. The number of ether oxygens (including phenoxy) is 2. The molecular formula is C33H34N4O5. The Kier molecular flexibility index (Phi) is 7.85. The van der Waals surface area contributed by atoms with Crippen LogP contribution in [0, 0.1) is 5.41 Å². The van der Waals surface area contributed by atoms with Crippen LogP contribution in [-0.2, 0) is 16.2 Å². The van der Waals surface area contributed by atoms with Crippen molar-refractivity contribution in [1.82, 2.24) is 10.3 Å². The van der Waals surface area contributed by atoms with E-state index in [1.165, 1.54) is 0 Å². The molecule has 0 radical (unpaired) electrons. The van der Waals surface area contributed by atoms with Gasteiger partial charge in [0.15, 0.2) is 5.78 Å². The number of allylic oxidation sites excluding steroid dienone is 3. The molecule has 5 rings (SSSR count). The maximum absolute atomic E-state index is 13.8. The van der Waals surface area contributed by atoms with E-state index < -0.39 is 11.8 Å². The molecule has 1 aliphatic carbocycles. The molecule has 2 aliphatic rings. The molecule has 216 valence electrons. The second kappa shape index (κ2) is 11.5. The number of nitrogens with zero attached hydrogens (tertiary/aromatic N) is 1. The fourth-order valence-electron chi connectivity index (χ4n) is 5.73. The molecule has 2 amide bonds. The Labute approximate surface area is 244 Å². The number of para-hydroxylation sites is 1. The SMILES string of the molecule is COc1ccc(C2C(C(=O)Nc3ccccn3)=C(C)NC3=C2C(=O)CC(C)(C)C3)cc1COc1ccccc1C(N)=O. The van der Waals surface area contributed by atoms with E-state index in [-0.39, 0.29) is 29.3 Å². The van der Waals surface area contributed by atoms with Gasteiger partial charge in [-0.1, -0.05) is 38.1 Å². The number of carbonyl (C=O) groups is 3. The highest BCUT2D eigenvalue weighted by Gasteiger charge is 2.43. The quantitative estimate of drug-likeness (QED) is 0.349. The third kappa shape index (κ3) is 5.76. The van der Waals surface area contributed by atoms with Gasteiger partial charge in [0, 0.05) is 46.6 Å². The molecule has 1 unspecified atom stereocenters. The summed E-state index contributed by atoms with van der Waals surface area (Å²) in [5, 5.41) is 6.28. The third-order valence-corrected chi connectivity index (χ3v) is 7.56. The molecular weight excluding hydrogens is 532 g/mol. The summed E-state index contributed by atoms with van der Waals surface area (Å²) in [6.07, 6.45) is 2.65. The zero-order valence-electron chi connectivity index (χ0n) is 24.1. The van der Waals surface area contributed by atoms with Crippen LogP contribution in [0.25, 0.3) is 0 Å². The lowest BCUT2D eigenvalue weighted by atomic mass is 9.68. The van der Waals surface area contributed by atoms with Gasteiger partial charge < -0.3 is 25.8 Å². The Balaban J connectivity index is 1.58. The number of Topliss-reactive ketones (excluding diaryl/α,β-unsaturated/α-hetero) is 1. The maximum Gasteiger partial charge on any atom is 0.255 e. The number of anilines is 1. The average molecular weight is 567 g/mol. The number of aromatic nitrogens is 1. The third-order valence-electron chi connectivity index (χ3n) is 7.56. The van der Waals surface area contributed by atoms with Gasteiger partial charge >= 0.3 is 0 Å². The summed E-state index contributed by atoms with van der Waals surface area (Å²) < 4.78 is 11.6. The number of ketones is 1. The Morgan fingerprint density at radius 3 is 2.55 bits per heavy atom. The van der Waals surface area contributed by atoms with Crippen LogP contribution >= 0.6 is 0 Å². The van der Waals surface area contributed by atoms with Crippen molar-refractivity contribution in [3.8, 4) is 11.5 Å². The van der Waals surface area contributed by atoms with Gasteiger partial charge in [0.2, 0.25) is 0 Å². The van der Waals surface area contributed by atoms with Crippen molar-refractivity contribution in [2.75, 3.05) is 12.4 Å². The van der Waals surface area contributed by atoms with Gasteiger partial charge in [-0.2, -0.15) is 0 Å². The van der Waals surface area contributed by atoms with Crippen molar-refractivity contribution < 1.29 is 23.9 Å². The van der Waals surface area contributed by atoms with Crippen molar-refractivity contribution in [1.29, 1.82) is 0 Å². The molecule has 0 fully saturated rings. The topological polar surface area (TPSA) is 133 Å². The molecule has 2 aromatic carbocycles. The van der Waals surface area contributed by atoms with E-state index in [1.807, 2.05) is 19.1 Å². The molecule has 3 aromatic rings. The Morgan fingerprint density at radius 1 is 1.07 bits per heavy atom. The van der Waals surface area contributed by atoms with E-state index in [2.05, 4.69) is 29.5 Å². The molecule has 2 heterocycles. The summed E-state index contributed by atoms with van der Waals surface area (Å²) in [6, 6.07) is 17.6. The number of hydrogen-bond acceptors (Lipinski definition) is 7. The van der Waals surface area contributed by atoms with Crippen molar-refractivity contribution in [2.24, 2.45) is 11.1 Å². The smallest absolute Gasteiger partial charge is 0.255 e. The number of hydrogen-bond donors (Lipinski definition) is 3. The summed E-state index contributed by atoms with van der Waals surface area (Å²) in [5.41, 5.74) is 9.53. The highest BCUT2D eigenvalue weighted by atomic mass is 16.5. The van der Waals surface area contributed by atoms with Gasteiger partial charge in [0.25, 0.3) is 11.8 Å². The normalized spacial score (nSPS) is 17.7. The Morgan fingerprint density at radius 2 is 1.83 bits per heavy atom. The number of methoxy groups -OCH3 is 1. The van der Waals surface area contributed by atoms with Crippen LogP contribution in [0.15, 0.2) is 89.4 Å². The zero-order chi connectivity index (χ0) is 30.0. The fraction of sp³-hybridized carbons (Fsp3) is 0.273. The molecule has 9 nitrogen and oxygen atoms in total. The number of pyridine rings is 1. The first kappa shape index (κ1) is 28.6. The van der Waals surface area contributed by atoms with E-state index >= 15 is 0 Å². The van der Waals surface area contributed by atoms with E-state index in [1.54, 1.807) is 61.8 Å². The summed E-state index contributed by atoms with van der Waals surface area (Å²) in [6.45, 7) is 6.06. The van der Waals surface area contributed by atoms with E-state index in [0.29, 0.717) is 52.6 Å². The standard InChI is InChI=1S/C33H34N4O5/c1-19-28(32(40)37-27-11-7-8-14-35-27)29(30-23(36-19)16-33(2,3)17-24(30)38)20-12-13-25(41-4)21(15-20)18-42-26-10-6-5-9-22(26)31(34)39/h5-15,29,36H,16-18H2,1-4H3,(H2,34,39)(H,35,37,40). The van der Waals surface area contributed by atoms with Crippen LogP contribution < -0.4 is 25.8 Å². The lowest BCUT2D eigenvalue weighted by molar-refractivity contribution is -0.118. The lowest BCUT2D eigenvalue weighted by Gasteiger charge is -2.39. The summed E-state index contributed by atoms with van der Waals surface area (Å²) in [7, 11) is 1.56. The number of nitrogens with two attached hydrogens (primary N) is 1. The largest absolute Gasteiger partial charge is 0.496 e. The van der Waals surface area contributed by atoms with E-state index in [0.717, 1.165) is 11.3 Å². The second-order valence-electron chi connectivity index (χ2n) is 11.3. The number of dihydropyridines is 1. The molecule has 1 atom stereocenters. The predicted molar refractivity (Wildman–Crippen MR) is 159 cm³/mol. The maximum atomic E-state index is 13.8. The molecule has 0 spiro atoms. The average Bonchev–Trinajstić information content (AvgIpc) is 2.95. The van der Waals surface area contributed by atoms with Gasteiger partial charge in [-0.25, -0.2) is 4.98 Å². The zero-order valence-corrected chi connectivity index (χ0v) is 24.1. The second-order valence-corrected chi connectivity index (χ2v) is 11.3. The molecule has 0 bridgehead atoms. The Hall–Kier alpha value is -4.92. The molecule has 42 heavy (non-hydrogen) atoms. The van der Waals surface area contributed by atoms with Gasteiger partial charge in [0.1, 0.15) is 23.9 Å². The fourth-order valence-corrected chi connectivity index (χ4v) is 5.73. The van der Waals surface area contributed by atoms with Gasteiger partial charge in [-0.05, 0) is 60.7 Å². The predicted octanol–water partition coefficient (Wildman–Crippen LogP) is 5.01. The highest BCUT2D eigenvalue weighted by Crippen LogP contribution is 2.47. The highest BCUT2D eigenvalue weighted by molar-refractivity contribution is 6.09. The van der Waals surface area contributed by atoms with Crippen LogP contribution in [0.1, 0.15) is 61.0 Å². The van der Waals surface area contributed by atoms with Gasteiger partial charge in [-0.15, -0.1) is 0 Å². The molecule has 1 aromatic heterocycles. The first-order chi connectivity index (χ1) is 20.1. The number of carbonyl (C=O) groups excluding carboxylic acids is 3. The van der Waals surface area contributed by atoms with Crippen molar-refractivity contribution in [3.05, 3.63) is 106 Å². The summed E-state index contributed by atoms with van der Waals surface area (Å²) in [5.74, 6) is -0.251. The summed E-state index contributed by atoms with van der Waals surface area (Å²) in [4.78, 5) is 43.7. The van der Waals surface area contributed by atoms with Crippen LogP contribution in [0.3, 0.4) is 0 Å². The first-order valence-electron chi connectivity index (χ1n) is 13.7. The van der Waals surface area contributed by atoms with Crippen LogP contribution in [0.5, 0.6) is 11.5 Å². The number of rotatable bonds is 8. The van der Waals surface area contributed by atoms with Crippen molar-refractivity contribution in [3.63, 3.8) is 0 Å².